The van der Waals surface area contributed by atoms with Gasteiger partial charge in [-0.2, -0.15) is 4.99 Å². The van der Waals surface area contributed by atoms with Gasteiger partial charge in [-0.15, -0.1) is 0 Å². The van der Waals surface area contributed by atoms with E-state index in [4.69, 9.17) is 14.2 Å². The van der Waals surface area contributed by atoms with Gasteiger partial charge >= 0.3 is 6.09 Å². The minimum Gasteiger partial charge on any atom is -0.496 e. The molecule has 0 heterocycles. The van der Waals surface area contributed by atoms with E-state index in [2.05, 4.69) is 4.99 Å². The topological polar surface area (TPSA) is 57.1 Å². The van der Waals surface area contributed by atoms with Crippen LogP contribution in [-0.4, -0.2) is 32.1 Å². The number of nitrogens with zero attached hydrogens (tertiary/aromatic N) is 1. The van der Waals surface area contributed by atoms with Crippen molar-refractivity contribution in [3.63, 3.8) is 0 Å². The number of carbonyl (C=O) groups is 1. The van der Waals surface area contributed by atoms with Crippen LogP contribution < -0.4 is 4.74 Å². The lowest BCUT2D eigenvalue weighted by molar-refractivity contribution is 0.0605. The molecule has 0 unspecified atom stereocenters. The van der Waals surface area contributed by atoms with Gasteiger partial charge in [0.2, 0.25) is 0 Å². The van der Waals surface area contributed by atoms with E-state index >= 15 is 0 Å². The molecule has 0 N–H and O–H groups in total. The Morgan fingerprint density at radius 2 is 2.00 bits per heavy atom. The Kier molecular flexibility index (Phi) is 5.70. The minimum absolute atomic E-state index is 0.428. The van der Waals surface area contributed by atoms with Crippen LogP contribution in [0.15, 0.2) is 23.2 Å². The summed E-state index contributed by atoms with van der Waals surface area (Å²) in [6.07, 6.45) is 0.855. The molecule has 0 aliphatic heterocycles. The second kappa shape index (κ2) is 7.05. The predicted molar refractivity (Wildman–Crippen MR) is 77.5 cm³/mol. The quantitative estimate of drug-likeness (QED) is 0.794. The molecule has 0 bridgehead atoms. The molecule has 0 aromatic heterocycles. The van der Waals surface area contributed by atoms with Crippen LogP contribution >= 0.6 is 0 Å². The van der Waals surface area contributed by atoms with E-state index in [1.165, 1.54) is 6.21 Å². The van der Waals surface area contributed by atoms with Gasteiger partial charge in [0.25, 0.3) is 0 Å². The number of methoxy groups -OCH3 is 2. The summed E-state index contributed by atoms with van der Waals surface area (Å²) in [7, 11) is 3.21. The summed E-state index contributed by atoms with van der Waals surface area (Å²) in [6.45, 7) is 5.82. The Morgan fingerprint density at radius 3 is 2.55 bits per heavy atom. The standard InChI is InChI=1S/C15H21NO4/c1-15(2,3)20-14(17)16-9-11-6-7-13(19-5)12(8-11)10-18-4/h6-9H,10H2,1-5H3/b16-9-. The van der Waals surface area contributed by atoms with Crippen LogP contribution in [0.4, 0.5) is 4.79 Å². The lowest BCUT2D eigenvalue weighted by atomic mass is 10.1. The van der Waals surface area contributed by atoms with Crippen LogP contribution in [-0.2, 0) is 16.1 Å². The van der Waals surface area contributed by atoms with E-state index in [-0.39, 0.29) is 0 Å². The number of rotatable bonds is 4. The molecule has 20 heavy (non-hydrogen) atoms. The average molecular weight is 279 g/mol. The summed E-state index contributed by atoms with van der Waals surface area (Å²) in [5.41, 5.74) is 1.13. The molecule has 110 valence electrons. The molecule has 0 spiro atoms. The average Bonchev–Trinajstić information content (AvgIpc) is 2.35. The van der Waals surface area contributed by atoms with Crippen LogP contribution in [0.1, 0.15) is 31.9 Å². The summed E-state index contributed by atoms with van der Waals surface area (Å²) < 4.78 is 15.4. The molecule has 0 radical (unpaired) electrons. The highest BCUT2D eigenvalue weighted by Gasteiger charge is 2.14. The lowest BCUT2D eigenvalue weighted by Crippen LogP contribution is -2.21. The fourth-order valence-corrected chi connectivity index (χ4v) is 1.56. The zero-order valence-corrected chi connectivity index (χ0v) is 12.6. The molecule has 5 heteroatoms. The first-order valence-corrected chi connectivity index (χ1v) is 6.28. The normalized spacial score (nSPS) is 11.7. The van der Waals surface area contributed by atoms with Gasteiger partial charge in [0, 0.05) is 18.9 Å². The number of carbonyl (C=O) groups excluding carboxylic acids is 1. The second-order valence-corrected chi connectivity index (χ2v) is 5.24. The summed E-state index contributed by atoms with van der Waals surface area (Å²) in [5, 5.41) is 0. The maximum absolute atomic E-state index is 11.5. The number of aliphatic imine (C=N–C) groups is 1. The third-order valence-electron chi connectivity index (χ3n) is 2.32. The van der Waals surface area contributed by atoms with E-state index in [0.29, 0.717) is 6.61 Å². The molecular formula is C15H21NO4. The molecular weight excluding hydrogens is 258 g/mol. The van der Waals surface area contributed by atoms with Crippen molar-refractivity contribution in [2.45, 2.75) is 33.0 Å². The Hall–Kier alpha value is -1.88. The fraction of sp³-hybridized carbons (Fsp3) is 0.467. The monoisotopic (exact) mass is 279 g/mol. The SMILES string of the molecule is COCc1cc(/C=N\C(=O)OC(C)(C)C)ccc1OC. The summed E-state index contributed by atoms with van der Waals surface area (Å²) in [6, 6.07) is 5.48. The Bertz CT molecular complexity index is 489. The maximum atomic E-state index is 11.5. The van der Waals surface area contributed by atoms with Crippen LogP contribution in [0.3, 0.4) is 0 Å². The van der Waals surface area contributed by atoms with E-state index in [9.17, 15) is 4.79 Å². The first kappa shape index (κ1) is 16.2. The summed E-state index contributed by atoms with van der Waals surface area (Å²) in [4.78, 5) is 15.3. The van der Waals surface area contributed by atoms with Gasteiger partial charge in [-0.25, -0.2) is 4.79 Å². The number of amides is 1. The van der Waals surface area contributed by atoms with Gasteiger partial charge < -0.3 is 14.2 Å². The summed E-state index contributed by atoms with van der Waals surface area (Å²) >= 11 is 0. The van der Waals surface area contributed by atoms with E-state index in [1.807, 2.05) is 18.2 Å². The largest absolute Gasteiger partial charge is 0.496 e. The van der Waals surface area contributed by atoms with Crippen molar-refractivity contribution in [1.29, 1.82) is 0 Å². The minimum atomic E-state index is -0.610. The molecule has 0 saturated carbocycles. The van der Waals surface area contributed by atoms with Crippen molar-refractivity contribution in [2.75, 3.05) is 14.2 Å². The van der Waals surface area contributed by atoms with Crippen LogP contribution in [0, 0.1) is 0 Å². The molecule has 5 nitrogen and oxygen atoms in total. The predicted octanol–water partition coefficient (Wildman–Crippen LogP) is 3.20. The second-order valence-electron chi connectivity index (χ2n) is 5.24. The highest BCUT2D eigenvalue weighted by atomic mass is 16.6. The molecule has 1 rings (SSSR count). The lowest BCUT2D eigenvalue weighted by Gasteiger charge is -2.17. The third-order valence-corrected chi connectivity index (χ3v) is 2.32. The van der Waals surface area contributed by atoms with Gasteiger partial charge in [-0.1, -0.05) is 0 Å². The number of hydrogen-bond donors (Lipinski definition) is 0. The third kappa shape index (κ3) is 5.40. The fourth-order valence-electron chi connectivity index (χ4n) is 1.56. The zero-order valence-electron chi connectivity index (χ0n) is 12.6. The first-order chi connectivity index (χ1) is 9.35. The van der Waals surface area contributed by atoms with Crippen molar-refractivity contribution >= 4 is 12.3 Å². The van der Waals surface area contributed by atoms with Gasteiger partial charge in [0.05, 0.1) is 13.7 Å². The maximum Gasteiger partial charge on any atom is 0.434 e. The number of benzene rings is 1. The molecule has 1 aromatic rings. The van der Waals surface area contributed by atoms with Crippen molar-refractivity contribution < 1.29 is 19.0 Å². The van der Waals surface area contributed by atoms with Crippen LogP contribution in [0.25, 0.3) is 0 Å². The Morgan fingerprint density at radius 1 is 1.30 bits per heavy atom. The van der Waals surface area contributed by atoms with Crippen molar-refractivity contribution in [1.82, 2.24) is 0 Å². The molecule has 0 aliphatic rings. The Labute approximate surface area is 119 Å². The summed E-state index contributed by atoms with van der Waals surface area (Å²) in [5.74, 6) is 0.737. The molecule has 0 atom stereocenters. The van der Waals surface area contributed by atoms with E-state index in [0.717, 1.165) is 16.9 Å². The van der Waals surface area contributed by atoms with Crippen molar-refractivity contribution in [3.8, 4) is 5.75 Å². The zero-order chi connectivity index (χ0) is 15.2. The van der Waals surface area contributed by atoms with E-state index in [1.54, 1.807) is 35.0 Å². The molecule has 0 aliphatic carbocycles. The number of hydrogen-bond acceptors (Lipinski definition) is 4. The molecule has 1 amide bonds. The smallest absolute Gasteiger partial charge is 0.434 e. The van der Waals surface area contributed by atoms with Gasteiger partial charge in [-0.05, 0) is 44.5 Å². The van der Waals surface area contributed by atoms with Gasteiger partial charge in [0.15, 0.2) is 0 Å². The Balaban J connectivity index is 2.82. The van der Waals surface area contributed by atoms with Crippen LogP contribution in [0.2, 0.25) is 0 Å². The first-order valence-electron chi connectivity index (χ1n) is 6.28. The molecule has 1 aromatic carbocycles. The highest BCUT2D eigenvalue weighted by molar-refractivity contribution is 5.89. The van der Waals surface area contributed by atoms with E-state index < -0.39 is 11.7 Å². The molecule has 0 saturated heterocycles. The van der Waals surface area contributed by atoms with Crippen molar-refractivity contribution in [2.24, 2.45) is 4.99 Å². The van der Waals surface area contributed by atoms with Crippen LogP contribution in [0.5, 0.6) is 5.75 Å². The van der Waals surface area contributed by atoms with Gasteiger partial charge in [0.1, 0.15) is 11.4 Å². The number of ether oxygens (including phenoxy) is 3. The van der Waals surface area contributed by atoms with Gasteiger partial charge in [-0.3, -0.25) is 0 Å². The highest BCUT2D eigenvalue weighted by Crippen LogP contribution is 2.20. The van der Waals surface area contributed by atoms with Crippen molar-refractivity contribution in [3.05, 3.63) is 29.3 Å². The molecule has 0 fully saturated rings.